The average molecular weight is 276 g/mol. The van der Waals surface area contributed by atoms with Crippen LogP contribution in [0.4, 0.5) is 0 Å². The molecule has 0 saturated heterocycles. The van der Waals surface area contributed by atoms with Crippen molar-refractivity contribution in [3.8, 4) is 22.8 Å². The number of aromatic nitrogens is 2. The first-order chi connectivity index (χ1) is 9.60. The second kappa shape index (κ2) is 5.75. The number of aliphatic hydroxyl groups is 1. The monoisotopic (exact) mass is 276 g/mol. The zero-order valence-electron chi connectivity index (χ0n) is 11.6. The molecular formula is C14H16N2O4. The number of methoxy groups -OCH3 is 2. The van der Waals surface area contributed by atoms with E-state index in [-0.39, 0.29) is 17.7 Å². The molecule has 0 amide bonds. The number of rotatable bonds is 4. The van der Waals surface area contributed by atoms with Crippen molar-refractivity contribution in [1.82, 2.24) is 9.78 Å². The molecule has 0 aliphatic carbocycles. The maximum absolute atomic E-state index is 11.7. The van der Waals surface area contributed by atoms with Gasteiger partial charge in [-0.2, -0.15) is 5.10 Å². The lowest BCUT2D eigenvalue weighted by molar-refractivity contribution is 0.278. The molecule has 1 aromatic carbocycles. The number of aryl methyl sites for hydroxylation is 1. The Kier molecular flexibility index (Phi) is 4.05. The predicted molar refractivity (Wildman–Crippen MR) is 73.9 cm³/mol. The topological polar surface area (TPSA) is 73.6 Å². The minimum absolute atomic E-state index is 0.287. The third kappa shape index (κ3) is 2.50. The van der Waals surface area contributed by atoms with Crippen molar-refractivity contribution in [1.29, 1.82) is 0 Å². The van der Waals surface area contributed by atoms with Gasteiger partial charge in [0.05, 0.1) is 26.5 Å². The van der Waals surface area contributed by atoms with Crippen molar-refractivity contribution in [2.24, 2.45) is 7.05 Å². The number of benzene rings is 1. The lowest BCUT2D eigenvalue weighted by Gasteiger charge is -2.11. The number of hydrogen-bond donors (Lipinski definition) is 1. The first kappa shape index (κ1) is 14.1. The van der Waals surface area contributed by atoms with E-state index in [1.807, 2.05) is 0 Å². The van der Waals surface area contributed by atoms with Gasteiger partial charge in [0.1, 0.15) is 11.5 Å². The molecule has 0 saturated carbocycles. The molecule has 1 aromatic heterocycles. The van der Waals surface area contributed by atoms with Gasteiger partial charge in [-0.1, -0.05) is 0 Å². The highest BCUT2D eigenvalue weighted by Gasteiger charge is 2.12. The van der Waals surface area contributed by atoms with Crippen molar-refractivity contribution < 1.29 is 14.6 Å². The molecule has 2 aromatic rings. The Morgan fingerprint density at radius 1 is 1.25 bits per heavy atom. The molecule has 0 aliphatic heterocycles. The Morgan fingerprint density at radius 2 is 2.00 bits per heavy atom. The third-order valence-electron chi connectivity index (χ3n) is 2.99. The molecule has 106 valence electrons. The van der Waals surface area contributed by atoms with Gasteiger partial charge in [-0.25, -0.2) is 4.68 Å². The number of ether oxygens (including phenoxy) is 2. The molecule has 0 radical (unpaired) electrons. The van der Waals surface area contributed by atoms with Crippen LogP contribution in [0.15, 0.2) is 29.1 Å². The van der Waals surface area contributed by atoms with Crippen molar-refractivity contribution in [2.75, 3.05) is 14.2 Å². The van der Waals surface area contributed by atoms with Crippen molar-refractivity contribution in [2.45, 2.75) is 6.61 Å². The molecule has 6 heteroatoms. The number of aliphatic hydroxyl groups excluding tert-OH is 1. The zero-order valence-corrected chi connectivity index (χ0v) is 11.6. The summed E-state index contributed by atoms with van der Waals surface area (Å²) >= 11 is 0. The van der Waals surface area contributed by atoms with Crippen LogP contribution in [-0.4, -0.2) is 29.1 Å². The molecule has 0 bridgehead atoms. The van der Waals surface area contributed by atoms with E-state index in [4.69, 9.17) is 9.47 Å². The van der Waals surface area contributed by atoms with Crippen molar-refractivity contribution in [3.05, 3.63) is 40.2 Å². The maximum atomic E-state index is 11.7. The molecule has 1 N–H and O–H groups in total. The Morgan fingerprint density at radius 3 is 2.60 bits per heavy atom. The van der Waals surface area contributed by atoms with Gasteiger partial charge in [0, 0.05) is 24.2 Å². The zero-order chi connectivity index (χ0) is 14.7. The number of nitrogens with zero attached hydrogens (tertiary/aromatic N) is 2. The van der Waals surface area contributed by atoms with Crippen LogP contribution in [0.2, 0.25) is 0 Å². The van der Waals surface area contributed by atoms with E-state index in [9.17, 15) is 9.90 Å². The Bertz CT molecular complexity index is 679. The summed E-state index contributed by atoms with van der Waals surface area (Å²) in [7, 11) is 4.66. The number of hydrogen-bond acceptors (Lipinski definition) is 5. The fourth-order valence-corrected chi connectivity index (χ4v) is 1.93. The van der Waals surface area contributed by atoms with Crippen LogP contribution in [0.3, 0.4) is 0 Å². The van der Waals surface area contributed by atoms with Gasteiger partial charge in [0.25, 0.3) is 5.56 Å². The quantitative estimate of drug-likeness (QED) is 0.900. The SMILES string of the molecule is COc1ccc(-c2cc(CO)c(=O)n(C)n2)c(OC)c1. The van der Waals surface area contributed by atoms with Gasteiger partial charge >= 0.3 is 0 Å². The van der Waals surface area contributed by atoms with E-state index in [0.717, 1.165) is 5.56 Å². The fourth-order valence-electron chi connectivity index (χ4n) is 1.93. The Balaban J connectivity index is 2.62. The third-order valence-corrected chi connectivity index (χ3v) is 2.99. The maximum Gasteiger partial charge on any atom is 0.272 e. The van der Waals surface area contributed by atoms with Gasteiger partial charge < -0.3 is 14.6 Å². The molecule has 0 fully saturated rings. The summed E-state index contributed by atoms with van der Waals surface area (Å²) in [5.74, 6) is 1.25. The van der Waals surface area contributed by atoms with Crippen molar-refractivity contribution in [3.63, 3.8) is 0 Å². The summed E-state index contributed by atoms with van der Waals surface area (Å²) < 4.78 is 11.7. The second-order valence-electron chi connectivity index (χ2n) is 4.21. The minimum Gasteiger partial charge on any atom is -0.497 e. The molecule has 2 rings (SSSR count). The summed E-state index contributed by atoms with van der Waals surface area (Å²) in [6.45, 7) is -0.333. The van der Waals surface area contributed by atoms with E-state index in [1.165, 1.54) is 4.68 Å². The van der Waals surface area contributed by atoms with Gasteiger partial charge in [-0.05, 0) is 18.2 Å². The van der Waals surface area contributed by atoms with Crippen LogP contribution in [0.25, 0.3) is 11.3 Å². The van der Waals surface area contributed by atoms with Crippen molar-refractivity contribution >= 4 is 0 Å². The first-order valence-electron chi connectivity index (χ1n) is 6.01. The van der Waals surface area contributed by atoms with E-state index in [0.29, 0.717) is 17.2 Å². The van der Waals surface area contributed by atoms with Gasteiger partial charge in [-0.3, -0.25) is 4.79 Å². The van der Waals surface area contributed by atoms with Crippen LogP contribution in [0, 0.1) is 0 Å². The minimum atomic E-state index is -0.333. The van der Waals surface area contributed by atoms with Crippen LogP contribution in [0.5, 0.6) is 11.5 Å². The largest absolute Gasteiger partial charge is 0.497 e. The van der Waals surface area contributed by atoms with Gasteiger partial charge in [-0.15, -0.1) is 0 Å². The highest BCUT2D eigenvalue weighted by molar-refractivity contribution is 5.68. The smallest absolute Gasteiger partial charge is 0.272 e. The Labute approximate surface area is 116 Å². The lowest BCUT2D eigenvalue weighted by atomic mass is 10.1. The summed E-state index contributed by atoms with van der Waals surface area (Å²) in [5, 5.41) is 13.4. The van der Waals surface area contributed by atoms with E-state index >= 15 is 0 Å². The standard InChI is InChI=1S/C14H16N2O4/c1-16-14(18)9(8-17)6-12(15-16)11-5-4-10(19-2)7-13(11)20-3/h4-7,17H,8H2,1-3H3. The second-order valence-corrected chi connectivity index (χ2v) is 4.21. The van der Waals surface area contributed by atoms with Gasteiger partial charge in [0.15, 0.2) is 0 Å². The van der Waals surface area contributed by atoms with Gasteiger partial charge in [0.2, 0.25) is 0 Å². The van der Waals surface area contributed by atoms with E-state index in [1.54, 1.807) is 45.5 Å². The molecule has 0 spiro atoms. The molecular weight excluding hydrogens is 260 g/mol. The molecule has 6 nitrogen and oxygen atoms in total. The molecule has 0 unspecified atom stereocenters. The lowest BCUT2D eigenvalue weighted by Crippen LogP contribution is -2.23. The molecule has 0 atom stereocenters. The fraction of sp³-hybridized carbons (Fsp3) is 0.286. The van der Waals surface area contributed by atoms with Crippen LogP contribution >= 0.6 is 0 Å². The van der Waals surface area contributed by atoms with Crippen LogP contribution in [-0.2, 0) is 13.7 Å². The summed E-state index contributed by atoms with van der Waals surface area (Å²) in [6.07, 6.45) is 0. The highest BCUT2D eigenvalue weighted by Crippen LogP contribution is 2.31. The first-order valence-corrected chi connectivity index (χ1v) is 6.01. The normalized spacial score (nSPS) is 10.4. The van der Waals surface area contributed by atoms with E-state index in [2.05, 4.69) is 5.10 Å². The van der Waals surface area contributed by atoms with Crippen LogP contribution < -0.4 is 15.0 Å². The van der Waals surface area contributed by atoms with Crippen LogP contribution in [0.1, 0.15) is 5.56 Å². The van der Waals surface area contributed by atoms with E-state index < -0.39 is 0 Å². The predicted octanol–water partition coefficient (Wildman–Crippen LogP) is 0.957. The highest BCUT2D eigenvalue weighted by atomic mass is 16.5. The molecule has 0 aliphatic rings. The molecule has 1 heterocycles. The average Bonchev–Trinajstić information content (AvgIpc) is 2.49. The summed E-state index contributed by atoms with van der Waals surface area (Å²) in [6, 6.07) is 6.88. The molecule has 20 heavy (non-hydrogen) atoms. The summed E-state index contributed by atoms with van der Waals surface area (Å²) in [5.41, 5.74) is 1.24. The summed E-state index contributed by atoms with van der Waals surface area (Å²) in [4.78, 5) is 11.7. The Hall–Kier alpha value is -2.34.